The highest BCUT2D eigenvalue weighted by Gasteiger charge is 2.34. The van der Waals surface area contributed by atoms with Crippen molar-refractivity contribution in [3.05, 3.63) is 23.5 Å². The molecule has 1 heterocycles. The first-order valence-corrected chi connectivity index (χ1v) is 3.27. The summed E-state index contributed by atoms with van der Waals surface area (Å²) < 4.78 is 37.0. The molecular weight excluding hydrogens is 185 g/mol. The van der Waals surface area contributed by atoms with Gasteiger partial charge in [-0.1, -0.05) is 0 Å². The first-order valence-electron chi connectivity index (χ1n) is 3.27. The van der Waals surface area contributed by atoms with Crippen LogP contribution in [0.15, 0.2) is 12.3 Å². The zero-order valence-electron chi connectivity index (χ0n) is 6.34. The Hall–Kier alpha value is -1.48. The van der Waals surface area contributed by atoms with Gasteiger partial charge in [0.1, 0.15) is 18.5 Å². The Balaban J connectivity index is 3.21. The van der Waals surface area contributed by atoms with Crippen LogP contribution in [-0.2, 0) is 12.9 Å². The van der Waals surface area contributed by atoms with Crippen molar-refractivity contribution in [3.8, 4) is 6.07 Å². The van der Waals surface area contributed by atoms with Crippen LogP contribution in [0.3, 0.4) is 0 Å². The molecule has 1 rings (SSSR count). The fourth-order valence-corrected chi connectivity index (χ4v) is 0.928. The zero-order chi connectivity index (χ0) is 10.1. The molecule has 1 aromatic heterocycles. The maximum atomic E-state index is 12.1. The number of aliphatic hydroxyl groups is 1. The van der Waals surface area contributed by atoms with Crippen LogP contribution < -0.4 is 0 Å². The second-order valence-electron chi connectivity index (χ2n) is 2.33. The molecule has 0 saturated carbocycles. The Morgan fingerprint density at radius 2 is 2.15 bits per heavy atom. The molecule has 0 amide bonds. The number of aromatic nitrogens is 1. The Morgan fingerprint density at radius 1 is 1.54 bits per heavy atom. The average Bonchev–Trinajstić information content (AvgIpc) is 2.46. The van der Waals surface area contributed by atoms with Gasteiger partial charge in [0.05, 0.1) is 5.56 Å². The Morgan fingerprint density at radius 3 is 2.46 bits per heavy atom. The van der Waals surface area contributed by atoms with Gasteiger partial charge in [-0.3, -0.25) is 0 Å². The van der Waals surface area contributed by atoms with Gasteiger partial charge in [0.2, 0.25) is 0 Å². The largest absolute Gasteiger partial charge is 0.431 e. The molecule has 0 aliphatic carbocycles. The smallest absolute Gasteiger partial charge is 0.376 e. The summed E-state index contributed by atoms with van der Waals surface area (Å²) in [4.78, 5) is 0. The van der Waals surface area contributed by atoms with Crippen molar-refractivity contribution in [2.75, 3.05) is 0 Å². The molecule has 0 saturated heterocycles. The monoisotopic (exact) mass is 190 g/mol. The van der Waals surface area contributed by atoms with Crippen molar-refractivity contribution >= 4 is 0 Å². The second kappa shape index (κ2) is 3.11. The minimum atomic E-state index is -4.54. The molecule has 1 N–H and O–H groups in total. The highest BCUT2D eigenvalue weighted by Crippen LogP contribution is 2.30. The van der Waals surface area contributed by atoms with E-state index < -0.39 is 18.6 Å². The quantitative estimate of drug-likeness (QED) is 0.726. The third-order valence-electron chi connectivity index (χ3n) is 1.47. The molecule has 0 aliphatic heterocycles. The van der Waals surface area contributed by atoms with E-state index in [2.05, 4.69) is 0 Å². The number of alkyl halides is 3. The van der Waals surface area contributed by atoms with Crippen LogP contribution in [0.5, 0.6) is 0 Å². The van der Waals surface area contributed by atoms with Crippen LogP contribution >= 0.6 is 0 Å². The molecule has 0 radical (unpaired) electrons. The summed E-state index contributed by atoms with van der Waals surface area (Å²) in [6.07, 6.45) is -3.60. The SMILES string of the molecule is N#Cc1cc(C(F)(F)F)n(CO)c1. The lowest BCUT2D eigenvalue weighted by Gasteiger charge is -2.08. The van der Waals surface area contributed by atoms with E-state index in [1.165, 1.54) is 0 Å². The van der Waals surface area contributed by atoms with Crippen molar-refractivity contribution in [3.63, 3.8) is 0 Å². The minimum Gasteiger partial charge on any atom is -0.376 e. The van der Waals surface area contributed by atoms with E-state index in [1.807, 2.05) is 0 Å². The summed E-state index contributed by atoms with van der Waals surface area (Å²) in [7, 11) is 0. The number of aliphatic hydroxyl groups excluding tert-OH is 1. The molecule has 0 unspecified atom stereocenters. The molecule has 70 valence electrons. The first-order chi connectivity index (χ1) is 5.99. The fourth-order valence-electron chi connectivity index (χ4n) is 0.928. The fraction of sp³-hybridized carbons (Fsp3) is 0.286. The normalized spacial score (nSPS) is 11.3. The lowest BCUT2D eigenvalue weighted by molar-refractivity contribution is -0.145. The van der Waals surface area contributed by atoms with Crippen LogP contribution in [0.4, 0.5) is 13.2 Å². The number of nitriles is 1. The third-order valence-corrected chi connectivity index (χ3v) is 1.47. The van der Waals surface area contributed by atoms with Gasteiger partial charge >= 0.3 is 6.18 Å². The van der Waals surface area contributed by atoms with E-state index in [9.17, 15) is 13.2 Å². The summed E-state index contributed by atoms with van der Waals surface area (Å²) in [6.45, 7) is -0.795. The summed E-state index contributed by atoms with van der Waals surface area (Å²) >= 11 is 0. The zero-order valence-corrected chi connectivity index (χ0v) is 6.34. The highest BCUT2D eigenvalue weighted by molar-refractivity contribution is 5.31. The van der Waals surface area contributed by atoms with Gasteiger partial charge in [0.25, 0.3) is 0 Å². The molecule has 0 aliphatic rings. The summed E-state index contributed by atoms with van der Waals surface area (Å²) in [6, 6.07) is 2.25. The standard InChI is InChI=1S/C7H5F3N2O/c8-7(9,10)6-1-5(2-11)3-12(6)4-13/h1,3,13H,4H2. The van der Waals surface area contributed by atoms with Crippen molar-refractivity contribution in [1.82, 2.24) is 4.57 Å². The van der Waals surface area contributed by atoms with Gasteiger partial charge in [0.15, 0.2) is 0 Å². The molecular formula is C7H5F3N2O. The molecule has 0 bridgehead atoms. The van der Waals surface area contributed by atoms with Gasteiger partial charge in [-0.15, -0.1) is 0 Å². The number of hydrogen-bond donors (Lipinski definition) is 1. The molecule has 13 heavy (non-hydrogen) atoms. The molecule has 0 spiro atoms. The predicted molar refractivity (Wildman–Crippen MR) is 36.4 cm³/mol. The van der Waals surface area contributed by atoms with Gasteiger partial charge < -0.3 is 9.67 Å². The van der Waals surface area contributed by atoms with Crippen molar-refractivity contribution < 1.29 is 18.3 Å². The van der Waals surface area contributed by atoms with Gasteiger partial charge in [-0.05, 0) is 6.07 Å². The number of halogens is 3. The lowest BCUT2D eigenvalue weighted by atomic mass is 10.3. The predicted octanol–water partition coefficient (Wildman–Crippen LogP) is 1.33. The maximum Gasteiger partial charge on any atom is 0.431 e. The van der Waals surface area contributed by atoms with Crippen LogP contribution in [0.1, 0.15) is 11.3 Å². The Kier molecular flexibility index (Phi) is 2.30. The third kappa shape index (κ3) is 1.81. The van der Waals surface area contributed by atoms with Gasteiger partial charge in [-0.2, -0.15) is 18.4 Å². The van der Waals surface area contributed by atoms with E-state index >= 15 is 0 Å². The van der Waals surface area contributed by atoms with Crippen LogP contribution in [-0.4, -0.2) is 9.67 Å². The summed E-state index contributed by atoms with van der Waals surface area (Å²) in [5.41, 5.74) is -1.15. The van der Waals surface area contributed by atoms with E-state index in [4.69, 9.17) is 10.4 Å². The molecule has 0 atom stereocenters. The number of rotatable bonds is 1. The maximum absolute atomic E-state index is 12.1. The summed E-state index contributed by atoms with van der Waals surface area (Å²) in [5, 5.41) is 16.9. The van der Waals surface area contributed by atoms with E-state index in [-0.39, 0.29) is 5.56 Å². The molecule has 1 aromatic rings. The minimum absolute atomic E-state index is 0.124. The number of nitrogens with zero attached hydrogens (tertiary/aromatic N) is 2. The van der Waals surface area contributed by atoms with Crippen molar-refractivity contribution in [2.24, 2.45) is 0 Å². The number of hydrogen-bond acceptors (Lipinski definition) is 2. The Labute approximate surface area is 71.6 Å². The van der Waals surface area contributed by atoms with E-state index in [0.717, 1.165) is 6.20 Å². The highest BCUT2D eigenvalue weighted by atomic mass is 19.4. The van der Waals surface area contributed by atoms with Gasteiger partial charge in [0, 0.05) is 6.20 Å². The van der Waals surface area contributed by atoms with Crippen molar-refractivity contribution in [2.45, 2.75) is 12.9 Å². The lowest BCUT2D eigenvalue weighted by Crippen LogP contribution is -2.12. The molecule has 6 heteroatoms. The van der Waals surface area contributed by atoms with Crippen LogP contribution in [0.25, 0.3) is 0 Å². The molecule has 0 aromatic carbocycles. The molecule has 0 fully saturated rings. The van der Waals surface area contributed by atoms with Gasteiger partial charge in [-0.25, -0.2) is 0 Å². The molecule has 3 nitrogen and oxygen atoms in total. The summed E-state index contributed by atoms with van der Waals surface area (Å²) in [5.74, 6) is 0. The second-order valence-corrected chi connectivity index (χ2v) is 2.33. The first kappa shape index (κ1) is 9.61. The van der Waals surface area contributed by atoms with Crippen LogP contribution in [0, 0.1) is 11.3 Å². The van der Waals surface area contributed by atoms with E-state index in [0.29, 0.717) is 10.6 Å². The van der Waals surface area contributed by atoms with Crippen LogP contribution in [0.2, 0.25) is 0 Å². The topological polar surface area (TPSA) is 49.0 Å². The average molecular weight is 190 g/mol. The van der Waals surface area contributed by atoms with E-state index in [1.54, 1.807) is 6.07 Å². The van der Waals surface area contributed by atoms with Crippen molar-refractivity contribution in [1.29, 1.82) is 5.26 Å². The Bertz CT molecular complexity index is 348.